The summed E-state index contributed by atoms with van der Waals surface area (Å²) in [5.74, 6) is -9.86. The van der Waals surface area contributed by atoms with E-state index in [1.165, 1.54) is 0 Å². The fourth-order valence-corrected chi connectivity index (χ4v) is 4.04. The lowest BCUT2D eigenvalue weighted by Gasteiger charge is -2.34. The zero-order valence-corrected chi connectivity index (χ0v) is 21.7. The summed E-state index contributed by atoms with van der Waals surface area (Å²) in [6.07, 6.45) is -16.8. The number of likely N-dealkylation sites (tertiary alicyclic amines) is 1. The number of fused-ring (bicyclic) bond motifs is 1. The average Bonchev–Trinajstić information content (AvgIpc) is 2.87. The van der Waals surface area contributed by atoms with Gasteiger partial charge in [-0.1, -0.05) is 0 Å². The Morgan fingerprint density at radius 3 is 2.00 bits per heavy atom. The molecule has 0 saturated carbocycles. The number of nitrogens with two attached hydrogens (primary N) is 1. The second-order valence-corrected chi connectivity index (χ2v) is 9.54. The Hall–Kier alpha value is -3.72. The summed E-state index contributed by atoms with van der Waals surface area (Å²) in [4.78, 5) is 51.6. The molecule has 1 aromatic rings. The van der Waals surface area contributed by atoms with Gasteiger partial charge in [0.2, 0.25) is 17.6 Å². The molecule has 3 rings (SSSR count). The lowest BCUT2D eigenvalue weighted by molar-refractivity contribution is -0.165. The number of nitrogens with zero attached hydrogens (tertiary/aromatic N) is 4. The summed E-state index contributed by atoms with van der Waals surface area (Å²) in [7, 11) is 0. The Morgan fingerprint density at radius 1 is 0.953 bits per heavy atom. The maximum atomic E-state index is 13.5. The van der Waals surface area contributed by atoms with Crippen LogP contribution in [0.1, 0.15) is 42.0 Å². The predicted octanol–water partition coefficient (Wildman–Crippen LogP) is 0.251. The van der Waals surface area contributed by atoms with E-state index < -0.39 is 115 Å². The molecule has 0 radical (unpaired) electrons. The molecule has 2 amide bonds. The van der Waals surface area contributed by atoms with Crippen molar-refractivity contribution >= 4 is 23.8 Å². The largest absolute Gasteiger partial charge is 0.479 e. The highest BCUT2D eigenvalue weighted by Gasteiger charge is 2.44. The number of piperidine rings is 1. The Morgan fingerprint density at radius 2 is 1.51 bits per heavy atom. The van der Waals surface area contributed by atoms with Crippen molar-refractivity contribution in [1.82, 2.24) is 19.8 Å². The molecule has 1 fully saturated rings. The molecule has 43 heavy (non-hydrogen) atoms. The number of carboxylic acids is 2. The summed E-state index contributed by atoms with van der Waals surface area (Å²) in [5, 5.41) is 32.5. The minimum absolute atomic E-state index is 0.253. The molecule has 0 aliphatic carbocycles. The zero-order valence-electron chi connectivity index (χ0n) is 21.7. The van der Waals surface area contributed by atoms with Crippen molar-refractivity contribution in [2.75, 3.05) is 19.6 Å². The Kier molecular flexibility index (Phi) is 11.0. The van der Waals surface area contributed by atoms with E-state index in [9.17, 15) is 54.3 Å². The summed E-state index contributed by atoms with van der Waals surface area (Å²) >= 11 is 0. The van der Waals surface area contributed by atoms with Crippen LogP contribution in [-0.4, -0.2) is 108 Å². The molecule has 0 bridgehead atoms. The number of halogens is 8. The van der Waals surface area contributed by atoms with Crippen LogP contribution in [0.2, 0.25) is 0 Å². The van der Waals surface area contributed by atoms with Gasteiger partial charge in [0.1, 0.15) is 0 Å². The third-order valence-corrected chi connectivity index (χ3v) is 6.12. The molecule has 1 saturated heterocycles. The van der Waals surface area contributed by atoms with E-state index in [4.69, 9.17) is 26.2 Å². The van der Waals surface area contributed by atoms with Gasteiger partial charge in [-0.3, -0.25) is 9.59 Å². The number of carboxylic acid groups (broad SMARTS) is 2. The van der Waals surface area contributed by atoms with Crippen molar-refractivity contribution < 1.29 is 74.7 Å². The SMILES string of the molecule is N[C@@H](CC(=O)N1CCc2c(nc(C(F)(F)F)nc2C(F)(F)F)C1)CN1CC(F)(F)CCC1=O.O=C(O)[C@H](O)[C@@H](O)C(=O)O. The van der Waals surface area contributed by atoms with Gasteiger partial charge in [-0.15, -0.1) is 0 Å². The second-order valence-electron chi connectivity index (χ2n) is 9.54. The third kappa shape index (κ3) is 9.64. The van der Waals surface area contributed by atoms with Gasteiger partial charge >= 0.3 is 24.3 Å². The summed E-state index contributed by atoms with van der Waals surface area (Å²) in [6, 6.07) is -1.06. The number of alkyl halides is 8. The number of carbonyl (C=O) groups is 4. The van der Waals surface area contributed by atoms with Crippen LogP contribution >= 0.6 is 0 Å². The van der Waals surface area contributed by atoms with Gasteiger partial charge in [0.15, 0.2) is 17.9 Å². The van der Waals surface area contributed by atoms with Gasteiger partial charge in [-0.05, 0) is 6.42 Å². The van der Waals surface area contributed by atoms with E-state index in [0.29, 0.717) is 0 Å². The van der Waals surface area contributed by atoms with E-state index in [1.54, 1.807) is 0 Å². The average molecular weight is 639 g/mol. The van der Waals surface area contributed by atoms with Crippen LogP contribution in [-0.2, 0) is 44.5 Å². The zero-order chi connectivity index (χ0) is 33.1. The van der Waals surface area contributed by atoms with Gasteiger partial charge in [0.25, 0.3) is 5.92 Å². The Balaban J connectivity index is 0.000000553. The van der Waals surface area contributed by atoms with Crippen molar-refractivity contribution in [3.8, 4) is 0 Å². The fraction of sp³-hybridized carbons (Fsp3) is 0.636. The minimum atomic E-state index is -5.23. The standard InChI is InChI=1S/C18H19F8N5O2.C4H6O6/c19-16(20)3-1-12(32)31(8-16)6-9(27)5-13(33)30-4-2-10-11(7-30)28-15(18(24,25)26)29-14(10)17(21,22)23;5-1(3(7)8)2(6)4(9)10/h9H,1-8,27H2;1-2,5-6H,(H,7,8)(H,9,10)/t9-;1-,2-/m01/s1. The fourth-order valence-electron chi connectivity index (χ4n) is 4.04. The van der Waals surface area contributed by atoms with Crippen LogP contribution in [0.5, 0.6) is 0 Å². The van der Waals surface area contributed by atoms with Crippen LogP contribution < -0.4 is 5.73 Å². The number of hydrogen-bond acceptors (Lipinski definition) is 9. The molecule has 0 spiro atoms. The first-order valence-electron chi connectivity index (χ1n) is 12.1. The lowest BCUT2D eigenvalue weighted by atomic mass is 10.0. The molecule has 13 nitrogen and oxygen atoms in total. The molecule has 21 heteroatoms. The van der Waals surface area contributed by atoms with E-state index in [1.807, 2.05) is 0 Å². The number of aliphatic hydroxyl groups excluding tert-OH is 2. The van der Waals surface area contributed by atoms with Gasteiger partial charge in [-0.25, -0.2) is 28.3 Å². The number of hydrogen-bond donors (Lipinski definition) is 5. The number of aliphatic hydroxyl groups is 2. The molecule has 0 unspecified atom stereocenters. The summed E-state index contributed by atoms with van der Waals surface area (Å²) < 4.78 is 106. The van der Waals surface area contributed by atoms with Crippen molar-refractivity contribution in [3.05, 3.63) is 22.8 Å². The molecular formula is C22H25F8N5O8. The first kappa shape index (κ1) is 35.5. The number of aromatic nitrogens is 2. The number of amides is 2. The van der Waals surface area contributed by atoms with Crippen molar-refractivity contribution in [2.45, 2.75) is 68.8 Å². The number of rotatable bonds is 7. The normalized spacial score (nSPS) is 19.0. The first-order valence-corrected chi connectivity index (χ1v) is 12.1. The van der Waals surface area contributed by atoms with Crippen molar-refractivity contribution in [2.24, 2.45) is 5.73 Å². The molecule has 3 heterocycles. The molecule has 3 atom stereocenters. The molecule has 2 aliphatic heterocycles. The van der Waals surface area contributed by atoms with Crippen LogP contribution in [0, 0.1) is 0 Å². The smallest absolute Gasteiger partial charge is 0.451 e. The molecule has 2 aliphatic rings. The van der Waals surface area contributed by atoms with Crippen LogP contribution in [0.25, 0.3) is 0 Å². The topological polar surface area (TPSA) is 207 Å². The lowest BCUT2D eigenvalue weighted by Crippen LogP contribution is -2.51. The van der Waals surface area contributed by atoms with E-state index >= 15 is 0 Å². The Bertz CT molecular complexity index is 1210. The second kappa shape index (κ2) is 13.3. The van der Waals surface area contributed by atoms with Crippen LogP contribution in [0.4, 0.5) is 35.1 Å². The quantitative estimate of drug-likeness (QED) is 0.256. The number of carbonyl (C=O) groups excluding carboxylic acids is 2. The van der Waals surface area contributed by atoms with Crippen molar-refractivity contribution in [3.63, 3.8) is 0 Å². The highest BCUT2D eigenvalue weighted by molar-refractivity contribution is 5.83. The highest BCUT2D eigenvalue weighted by Crippen LogP contribution is 2.37. The molecule has 1 aromatic heterocycles. The van der Waals surface area contributed by atoms with Crippen molar-refractivity contribution in [1.29, 1.82) is 0 Å². The number of aliphatic carboxylic acids is 2. The summed E-state index contributed by atoms with van der Waals surface area (Å²) in [6.45, 7) is -2.07. The van der Waals surface area contributed by atoms with E-state index in [0.717, 1.165) is 9.80 Å². The molecule has 6 N–H and O–H groups in total. The van der Waals surface area contributed by atoms with Crippen LogP contribution in [0.15, 0.2) is 0 Å². The first-order chi connectivity index (χ1) is 19.5. The summed E-state index contributed by atoms with van der Waals surface area (Å²) in [5.41, 5.74) is 3.01. The van der Waals surface area contributed by atoms with Gasteiger partial charge in [-0.2, -0.15) is 26.3 Å². The van der Waals surface area contributed by atoms with Gasteiger partial charge < -0.3 is 36.0 Å². The molecule has 0 aromatic carbocycles. The van der Waals surface area contributed by atoms with E-state index in [-0.39, 0.29) is 19.5 Å². The molecule has 242 valence electrons. The maximum Gasteiger partial charge on any atom is 0.451 e. The third-order valence-electron chi connectivity index (χ3n) is 6.12. The highest BCUT2D eigenvalue weighted by atomic mass is 19.4. The van der Waals surface area contributed by atoms with Crippen LogP contribution in [0.3, 0.4) is 0 Å². The monoisotopic (exact) mass is 639 g/mol. The van der Waals surface area contributed by atoms with Gasteiger partial charge in [0, 0.05) is 44.0 Å². The maximum absolute atomic E-state index is 13.5. The minimum Gasteiger partial charge on any atom is -0.479 e. The van der Waals surface area contributed by atoms with E-state index in [2.05, 4.69) is 9.97 Å². The van der Waals surface area contributed by atoms with Gasteiger partial charge in [0.05, 0.1) is 18.8 Å². The molecular weight excluding hydrogens is 614 g/mol. The Labute approximate surface area is 235 Å². The predicted molar refractivity (Wildman–Crippen MR) is 122 cm³/mol.